The SMILES string of the molecule is Cc1cnccc1-c1nc(N2CCN(C(=O)c3cc(Cl)ccn3)CC2)cnc1-c1ccc(F)cc1F. The van der Waals surface area contributed by atoms with Crippen LogP contribution in [-0.2, 0) is 0 Å². The molecule has 0 unspecified atom stereocenters. The summed E-state index contributed by atoms with van der Waals surface area (Å²) in [6.45, 7) is 3.87. The Morgan fingerprint density at radius 3 is 2.44 bits per heavy atom. The van der Waals surface area contributed by atoms with Crippen molar-refractivity contribution in [2.45, 2.75) is 6.92 Å². The number of rotatable bonds is 4. The van der Waals surface area contributed by atoms with Crippen LogP contribution in [-0.4, -0.2) is 56.9 Å². The van der Waals surface area contributed by atoms with Crippen LogP contribution in [0.3, 0.4) is 0 Å². The first-order chi connectivity index (χ1) is 17.4. The Balaban J connectivity index is 1.44. The first-order valence-corrected chi connectivity index (χ1v) is 11.7. The van der Waals surface area contributed by atoms with E-state index >= 15 is 0 Å². The minimum Gasteiger partial charge on any atom is -0.352 e. The molecule has 0 N–H and O–H groups in total. The van der Waals surface area contributed by atoms with E-state index in [1.165, 1.54) is 18.3 Å². The molecule has 0 radical (unpaired) electrons. The second-order valence-electron chi connectivity index (χ2n) is 8.38. The predicted molar refractivity (Wildman–Crippen MR) is 133 cm³/mol. The number of aromatic nitrogens is 4. The second-order valence-corrected chi connectivity index (χ2v) is 8.82. The highest BCUT2D eigenvalue weighted by molar-refractivity contribution is 6.30. The van der Waals surface area contributed by atoms with Crippen molar-refractivity contribution in [1.29, 1.82) is 0 Å². The predicted octanol–water partition coefficient (Wildman–Crippen LogP) is 4.80. The van der Waals surface area contributed by atoms with Crippen LogP contribution >= 0.6 is 11.6 Å². The molecule has 0 atom stereocenters. The summed E-state index contributed by atoms with van der Waals surface area (Å²) < 4.78 is 28.2. The fourth-order valence-electron chi connectivity index (χ4n) is 4.16. The topological polar surface area (TPSA) is 75.1 Å². The molecular formula is C26H21ClF2N6O. The molecule has 7 nitrogen and oxygen atoms in total. The first-order valence-electron chi connectivity index (χ1n) is 11.3. The van der Waals surface area contributed by atoms with Gasteiger partial charge in [-0.25, -0.2) is 18.7 Å². The third-order valence-electron chi connectivity index (χ3n) is 6.05. The number of hydrogen-bond acceptors (Lipinski definition) is 6. The Kier molecular flexibility index (Phi) is 6.56. The molecule has 0 spiro atoms. The molecule has 0 saturated carbocycles. The fraction of sp³-hybridized carbons (Fsp3) is 0.192. The number of carbonyl (C=O) groups is 1. The first kappa shape index (κ1) is 23.7. The summed E-state index contributed by atoms with van der Waals surface area (Å²) in [5.74, 6) is -0.964. The number of carbonyl (C=O) groups excluding carboxylic acids is 1. The van der Waals surface area contributed by atoms with Gasteiger partial charge in [0.25, 0.3) is 5.91 Å². The van der Waals surface area contributed by atoms with E-state index in [0.717, 1.165) is 17.2 Å². The van der Waals surface area contributed by atoms with Gasteiger partial charge in [0, 0.05) is 67.0 Å². The highest BCUT2D eigenvalue weighted by atomic mass is 35.5. The Morgan fingerprint density at radius 1 is 0.917 bits per heavy atom. The van der Waals surface area contributed by atoms with E-state index in [1.807, 2.05) is 11.8 Å². The lowest BCUT2D eigenvalue weighted by molar-refractivity contribution is 0.0740. The second kappa shape index (κ2) is 9.94. The monoisotopic (exact) mass is 506 g/mol. The minimum absolute atomic E-state index is 0.158. The molecule has 1 aliphatic rings. The van der Waals surface area contributed by atoms with E-state index < -0.39 is 11.6 Å². The van der Waals surface area contributed by atoms with Crippen LogP contribution in [0.25, 0.3) is 22.5 Å². The van der Waals surface area contributed by atoms with Gasteiger partial charge in [0.15, 0.2) is 0 Å². The molecule has 36 heavy (non-hydrogen) atoms. The zero-order valence-corrected chi connectivity index (χ0v) is 20.1. The lowest BCUT2D eigenvalue weighted by atomic mass is 10.0. The Hall–Kier alpha value is -3.98. The highest BCUT2D eigenvalue weighted by Crippen LogP contribution is 2.34. The Morgan fingerprint density at radius 2 is 1.72 bits per heavy atom. The van der Waals surface area contributed by atoms with Crippen molar-refractivity contribution < 1.29 is 13.6 Å². The third-order valence-corrected chi connectivity index (χ3v) is 6.29. The molecule has 0 aliphatic carbocycles. The van der Waals surface area contributed by atoms with Crippen LogP contribution < -0.4 is 4.90 Å². The van der Waals surface area contributed by atoms with Crippen LogP contribution in [0.2, 0.25) is 5.02 Å². The van der Waals surface area contributed by atoms with Crippen molar-refractivity contribution >= 4 is 23.3 Å². The van der Waals surface area contributed by atoms with Crippen LogP contribution in [0.1, 0.15) is 16.1 Å². The van der Waals surface area contributed by atoms with E-state index in [1.54, 1.807) is 41.7 Å². The maximum absolute atomic E-state index is 14.7. The van der Waals surface area contributed by atoms with Gasteiger partial charge in [0.2, 0.25) is 0 Å². The zero-order chi connectivity index (χ0) is 25.2. The maximum atomic E-state index is 14.7. The van der Waals surface area contributed by atoms with E-state index in [4.69, 9.17) is 16.6 Å². The average molecular weight is 507 g/mol. The number of halogens is 3. The van der Waals surface area contributed by atoms with E-state index in [-0.39, 0.29) is 11.5 Å². The van der Waals surface area contributed by atoms with Crippen molar-refractivity contribution in [1.82, 2.24) is 24.8 Å². The highest BCUT2D eigenvalue weighted by Gasteiger charge is 2.25. The normalized spacial score (nSPS) is 13.7. The molecule has 1 aromatic carbocycles. The number of benzene rings is 1. The summed E-state index contributed by atoms with van der Waals surface area (Å²) in [5, 5.41) is 0.457. The molecular weight excluding hydrogens is 486 g/mol. The number of piperazine rings is 1. The third kappa shape index (κ3) is 4.74. The molecule has 10 heteroatoms. The summed E-state index contributed by atoms with van der Waals surface area (Å²) in [5.41, 5.74) is 2.84. The minimum atomic E-state index is -0.716. The molecule has 1 aliphatic heterocycles. The van der Waals surface area contributed by atoms with Crippen molar-refractivity contribution in [3.05, 3.63) is 89.1 Å². The van der Waals surface area contributed by atoms with Crippen LogP contribution in [0.4, 0.5) is 14.6 Å². The molecule has 5 rings (SSSR count). The van der Waals surface area contributed by atoms with Crippen LogP contribution in [0.5, 0.6) is 0 Å². The Labute approximate surface area is 211 Å². The summed E-state index contributed by atoms with van der Waals surface area (Å²) in [6, 6.07) is 8.36. The number of hydrogen-bond donors (Lipinski definition) is 0. The van der Waals surface area contributed by atoms with Gasteiger partial charge in [0.05, 0.1) is 17.6 Å². The van der Waals surface area contributed by atoms with Crippen LogP contribution in [0.15, 0.2) is 61.2 Å². The van der Waals surface area contributed by atoms with Crippen LogP contribution in [0, 0.1) is 18.6 Å². The molecule has 4 aromatic rings. The standard InChI is InChI=1S/C26H21ClF2N6O/c1-16-14-30-6-5-19(16)25-24(20-3-2-18(28)13-21(20)29)32-15-23(33-25)34-8-10-35(11-9-34)26(36)22-12-17(27)4-7-31-22/h2-7,12-15H,8-11H2,1H3. The number of amides is 1. The van der Waals surface area contributed by atoms with E-state index in [9.17, 15) is 13.6 Å². The molecule has 1 saturated heterocycles. The van der Waals surface area contributed by atoms with Gasteiger partial charge >= 0.3 is 0 Å². The lowest BCUT2D eigenvalue weighted by Gasteiger charge is -2.35. The summed E-state index contributed by atoms with van der Waals surface area (Å²) in [7, 11) is 0. The maximum Gasteiger partial charge on any atom is 0.272 e. The number of pyridine rings is 2. The molecule has 3 aromatic heterocycles. The Bertz CT molecular complexity index is 1440. The van der Waals surface area contributed by atoms with Crippen molar-refractivity contribution in [2.75, 3.05) is 31.1 Å². The van der Waals surface area contributed by atoms with Crippen molar-refractivity contribution in [2.24, 2.45) is 0 Å². The zero-order valence-electron chi connectivity index (χ0n) is 19.3. The van der Waals surface area contributed by atoms with Gasteiger partial charge in [-0.15, -0.1) is 0 Å². The van der Waals surface area contributed by atoms with Gasteiger partial charge < -0.3 is 9.80 Å². The molecule has 1 fully saturated rings. The van der Waals surface area contributed by atoms with Gasteiger partial charge in [-0.3, -0.25) is 14.8 Å². The average Bonchev–Trinajstić information content (AvgIpc) is 2.89. The molecule has 1 amide bonds. The largest absolute Gasteiger partial charge is 0.352 e. The number of nitrogens with zero attached hydrogens (tertiary/aromatic N) is 6. The van der Waals surface area contributed by atoms with Crippen molar-refractivity contribution in [3.8, 4) is 22.5 Å². The van der Waals surface area contributed by atoms with Crippen molar-refractivity contribution in [3.63, 3.8) is 0 Å². The van der Waals surface area contributed by atoms with E-state index in [0.29, 0.717) is 54.1 Å². The molecule has 0 bridgehead atoms. The van der Waals surface area contributed by atoms with Gasteiger partial charge in [-0.1, -0.05) is 11.6 Å². The quantitative estimate of drug-likeness (QED) is 0.396. The molecule has 4 heterocycles. The number of anilines is 1. The smallest absolute Gasteiger partial charge is 0.272 e. The summed E-state index contributed by atoms with van der Waals surface area (Å²) in [4.78, 5) is 34.2. The van der Waals surface area contributed by atoms with Gasteiger partial charge in [0.1, 0.15) is 23.1 Å². The summed E-state index contributed by atoms with van der Waals surface area (Å²) >= 11 is 6.00. The number of aryl methyl sites for hydroxylation is 1. The van der Waals surface area contributed by atoms with E-state index in [2.05, 4.69) is 15.0 Å². The molecule has 182 valence electrons. The summed E-state index contributed by atoms with van der Waals surface area (Å²) in [6.07, 6.45) is 6.42. The fourth-order valence-corrected chi connectivity index (χ4v) is 4.32. The lowest BCUT2D eigenvalue weighted by Crippen LogP contribution is -2.49. The van der Waals surface area contributed by atoms with Gasteiger partial charge in [-0.05, 0) is 42.8 Å². The van der Waals surface area contributed by atoms with Gasteiger partial charge in [-0.2, -0.15) is 0 Å².